The molecule has 19 heavy (non-hydrogen) atoms. The number of methoxy groups -OCH3 is 1. The molecule has 1 rings (SSSR count). The topological polar surface area (TPSA) is 90.5 Å². The van der Waals surface area contributed by atoms with Gasteiger partial charge in [-0.3, -0.25) is 5.41 Å². The maximum absolute atomic E-state index is 7.40. The summed E-state index contributed by atoms with van der Waals surface area (Å²) in [6, 6.07) is 3.42. The highest BCUT2D eigenvalue weighted by Crippen LogP contribution is 2.12. The van der Waals surface area contributed by atoms with E-state index in [-0.39, 0.29) is 5.84 Å². The van der Waals surface area contributed by atoms with Crippen LogP contribution in [-0.2, 0) is 9.47 Å². The average Bonchev–Trinajstić information content (AvgIpc) is 2.37. The van der Waals surface area contributed by atoms with Gasteiger partial charge in [0.25, 0.3) is 0 Å². The number of aryl methyl sites for hydroxylation is 1. The van der Waals surface area contributed by atoms with E-state index in [1.165, 1.54) is 0 Å². The summed E-state index contributed by atoms with van der Waals surface area (Å²) in [5.41, 5.74) is 6.84. The van der Waals surface area contributed by atoms with Crippen molar-refractivity contribution in [1.29, 1.82) is 5.41 Å². The van der Waals surface area contributed by atoms with Crippen LogP contribution in [0.25, 0.3) is 0 Å². The number of pyridine rings is 1. The number of rotatable bonds is 9. The van der Waals surface area contributed by atoms with Gasteiger partial charge in [-0.2, -0.15) is 0 Å². The van der Waals surface area contributed by atoms with Crippen molar-refractivity contribution >= 4 is 5.84 Å². The second-order valence-corrected chi connectivity index (χ2v) is 4.06. The van der Waals surface area contributed by atoms with E-state index in [1.54, 1.807) is 19.2 Å². The number of nitrogens with one attached hydrogen (secondary N) is 1. The molecule has 0 saturated heterocycles. The summed E-state index contributed by atoms with van der Waals surface area (Å²) in [5.74, 6) is 0.500. The summed E-state index contributed by atoms with van der Waals surface area (Å²) in [5, 5.41) is 7.40. The molecule has 0 aromatic carbocycles. The molecule has 0 radical (unpaired) electrons. The Kier molecular flexibility index (Phi) is 6.84. The van der Waals surface area contributed by atoms with Crippen LogP contribution in [0.1, 0.15) is 17.7 Å². The monoisotopic (exact) mass is 267 g/mol. The van der Waals surface area contributed by atoms with E-state index in [0.29, 0.717) is 37.9 Å². The van der Waals surface area contributed by atoms with Crippen molar-refractivity contribution in [2.24, 2.45) is 5.73 Å². The highest BCUT2D eigenvalue weighted by molar-refractivity contribution is 5.95. The van der Waals surface area contributed by atoms with Crippen LogP contribution < -0.4 is 10.5 Å². The minimum atomic E-state index is 0.0123. The van der Waals surface area contributed by atoms with Crippen molar-refractivity contribution in [1.82, 2.24) is 4.98 Å². The predicted molar refractivity (Wildman–Crippen MR) is 72.8 cm³/mol. The van der Waals surface area contributed by atoms with Gasteiger partial charge >= 0.3 is 0 Å². The lowest BCUT2D eigenvalue weighted by molar-refractivity contribution is 0.0642. The second-order valence-electron chi connectivity index (χ2n) is 4.06. The Balaban J connectivity index is 2.31. The second kappa shape index (κ2) is 8.44. The van der Waals surface area contributed by atoms with Gasteiger partial charge < -0.3 is 19.9 Å². The predicted octanol–water partition coefficient (Wildman–Crippen LogP) is 1.11. The molecule has 0 unspecified atom stereocenters. The molecule has 1 aromatic heterocycles. The Hall–Kier alpha value is -1.66. The Bertz CT molecular complexity index is 410. The van der Waals surface area contributed by atoms with Crippen molar-refractivity contribution < 1.29 is 14.2 Å². The number of hydrogen-bond donors (Lipinski definition) is 2. The zero-order valence-corrected chi connectivity index (χ0v) is 11.4. The van der Waals surface area contributed by atoms with E-state index in [4.69, 9.17) is 25.4 Å². The van der Waals surface area contributed by atoms with Crippen LogP contribution in [0.4, 0.5) is 0 Å². The molecule has 0 bridgehead atoms. The van der Waals surface area contributed by atoms with Gasteiger partial charge in [-0.05, 0) is 13.0 Å². The molecule has 1 aromatic rings. The number of nitrogen functional groups attached to an aromatic ring is 1. The van der Waals surface area contributed by atoms with Gasteiger partial charge in [-0.25, -0.2) is 4.98 Å². The summed E-state index contributed by atoms with van der Waals surface area (Å²) < 4.78 is 15.7. The molecular formula is C13H21N3O3. The molecule has 0 aliphatic rings. The normalized spacial score (nSPS) is 10.4. The van der Waals surface area contributed by atoms with Gasteiger partial charge in [0.15, 0.2) is 0 Å². The van der Waals surface area contributed by atoms with Gasteiger partial charge in [0.2, 0.25) is 5.88 Å². The van der Waals surface area contributed by atoms with Gasteiger partial charge in [-0.1, -0.05) is 0 Å². The van der Waals surface area contributed by atoms with E-state index in [1.807, 2.05) is 6.92 Å². The third-order valence-corrected chi connectivity index (χ3v) is 2.36. The summed E-state index contributed by atoms with van der Waals surface area (Å²) in [7, 11) is 1.64. The van der Waals surface area contributed by atoms with Crippen molar-refractivity contribution in [3.8, 4) is 5.88 Å². The van der Waals surface area contributed by atoms with Crippen molar-refractivity contribution in [2.45, 2.75) is 13.3 Å². The first-order valence-corrected chi connectivity index (χ1v) is 6.16. The fourth-order valence-electron chi connectivity index (χ4n) is 1.45. The fraction of sp³-hybridized carbons (Fsp3) is 0.538. The maximum Gasteiger partial charge on any atom is 0.214 e. The number of nitrogens with zero attached hydrogens (tertiary/aromatic N) is 1. The van der Waals surface area contributed by atoms with Gasteiger partial charge in [0.05, 0.1) is 19.8 Å². The first-order chi connectivity index (χ1) is 9.13. The molecule has 0 aliphatic carbocycles. The SMILES string of the molecule is COCCOCCCOc1cc(C(=N)N)cc(C)n1. The zero-order chi connectivity index (χ0) is 14.1. The fourth-order valence-corrected chi connectivity index (χ4v) is 1.45. The molecule has 0 amide bonds. The summed E-state index contributed by atoms with van der Waals surface area (Å²) in [4.78, 5) is 4.23. The van der Waals surface area contributed by atoms with E-state index < -0.39 is 0 Å². The Labute approximate surface area is 113 Å². The number of hydrogen-bond acceptors (Lipinski definition) is 5. The van der Waals surface area contributed by atoms with Crippen LogP contribution in [0.15, 0.2) is 12.1 Å². The molecule has 6 nitrogen and oxygen atoms in total. The lowest BCUT2D eigenvalue weighted by Crippen LogP contribution is -2.12. The Morgan fingerprint density at radius 2 is 2.05 bits per heavy atom. The summed E-state index contributed by atoms with van der Waals surface area (Å²) in [6.45, 7) is 4.17. The number of ether oxygens (including phenoxy) is 3. The van der Waals surface area contributed by atoms with Crippen LogP contribution >= 0.6 is 0 Å². The molecule has 0 fully saturated rings. The molecule has 0 atom stereocenters. The average molecular weight is 267 g/mol. The first-order valence-electron chi connectivity index (χ1n) is 6.16. The van der Waals surface area contributed by atoms with Crippen LogP contribution in [0.5, 0.6) is 5.88 Å². The lowest BCUT2D eigenvalue weighted by atomic mass is 10.2. The van der Waals surface area contributed by atoms with Crippen LogP contribution in [0.2, 0.25) is 0 Å². The Morgan fingerprint density at radius 1 is 1.26 bits per heavy atom. The smallest absolute Gasteiger partial charge is 0.214 e. The maximum atomic E-state index is 7.40. The molecule has 1 heterocycles. The van der Waals surface area contributed by atoms with Crippen molar-refractivity contribution in [3.63, 3.8) is 0 Å². The van der Waals surface area contributed by atoms with Crippen LogP contribution in [0.3, 0.4) is 0 Å². The van der Waals surface area contributed by atoms with E-state index in [9.17, 15) is 0 Å². The van der Waals surface area contributed by atoms with E-state index in [0.717, 1.165) is 12.1 Å². The first kappa shape index (κ1) is 15.4. The van der Waals surface area contributed by atoms with Gasteiger partial charge in [0, 0.05) is 37.5 Å². The van der Waals surface area contributed by atoms with Crippen molar-refractivity contribution in [3.05, 3.63) is 23.4 Å². The number of nitrogens with two attached hydrogens (primary N) is 1. The van der Waals surface area contributed by atoms with Crippen LogP contribution in [0, 0.1) is 12.3 Å². The minimum absolute atomic E-state index is 0.0123. The van der Waals surface area contributed by atoms with Crippen molar-refractivity contribution in [2.75, 3.05) is 33.5 Å². The quantitative estimate of drug-likeness (QED) is 0.397. The molecular weight excluding hydrogens is 246 g/mol. The van der Waals surface area contributed by atoms with Gasteiger partial charge in [-0.15, -0.1) is 0 Å². The molecule has 106 valence electrons. The minimum Gasteiger partial charge on any atom is -0.478 e. The van der Waals surface area contributed by atoms with Gasteiger partial charge in [0.1, 0.15) is 5.84 Å². The number of amidine groups is 1. The molecule has 6 heteroatoms. The van der Waals surface area contributed by atoms with Crippen LogP contribution in [-0.4, -0.2) is 44.4 Å². The highest BCUT2D eigenvalue weighted by atomic mass is 16.5. The molecule has 0 aliphatic heterocycles. The van der Waals surface area contributed by atoms with E-state index >= 15 is 0 Å². The third-order valence-electron chi connectivity index (χ3n) is 2.36. The number of aromatic nitrogens is 1. The Morgan fingerprint density at radius 3 is 2.74 bits per heavy atom. The highest BCUT2D eigenvalue weighted by Gasteiger charge is 2.03. The summed E-state index contributed by atoms with van der Waals surface area (Å²) >= 11 is 0. The standard InChI is InChI=1S/C13H21N3O3/c1-10-8-11(13(14)15)9-12(16-10)19-5-3-4-18-7-6-17-2/h8-9H,3-7H2,1-2H3,(H3,14,15). The lowest BCUT2D eigenvalue weighted by Gasteiger charge is -2.08. The molecule has 3 N–H and O–H groups in total. The summed E-state index contributed by atoms with van der Waals surface area (Å²) in [6.07, 6.45) is 0.773. The third kappa shape index (κ3) is 6.17. The van der Waals surface area contributed by atoms with E-state index in [2.05, 4.69) is 4.98 Å². The largest absolute Gasteiger partial charge is 0.478 e. The molecule has 0 saturated carbocycles. The molecule has 0 spiro atoms. The zero-order valence-electron chi connectivity index (χ0n) is 11.4.